The first-order chi connectivity index (χ1) is 11.0. The second kappa shape index (κ2) is 7.35. The zero-order valence-corrected chi connectivity index (χ0v) is 12.5. The van der Waals surface area contributed by atoms with Crippen molar-refractivity contribution in [2.75, 3.05) is 13.6 Å². The van der Waals surface area contributed by atoms with E-state index in [4.69, 9.17) is 0 Å². The van der Waals surface area contributed by atoms with E-state index in [2.05, 4.69) is 10.6 Å². The minimum atomic E-state index is -0.412. The van der Waals surface area contributed by atoms with E-state index in [0.717, 1.165) is 0 Å². The molecular weight excluding hydrogens is 301 g/mol. The van der Waals surface area contributed by atoms with Gasteiger partial charge in [0.25, 0.3) is 11.5 Å². The van der Waals surface area contributed by atoms with Crippen LogP contribution in [0.5, 0.6) is 0 Å². The number of halogens is 1. The third-order valence-corrected chi connectivity index (χ3v) is 3.19. The third-order valence-electron chi connectivity index (χ3n) is 3.19. The first-order valence-corrected chi connectivity index (χ1v) is 6.98. The SMILES string of the molecule is CNC(=O)CCNC(=O)c1ccc(=O)n(-c2ccc(F)cc2)c1. The van der Waals surface area contributed by atoms with Gasteiger partial charge >= 0.3 is 0 Å². The zero-order valence-electron chi connectivity index (χ0n) is 12.5. The maximum atomic E-state index is 13.0. The number of benzene rings is 1. The summed E-state index contributed by atoms with van der Waals surface area (Å²) in [4.78, 5) is 35.1. The number of amides is 2. The Labute approximate surface area is 131 Å². The molecule has 0 spiro atoms. The number of hydrogen-bond acceptors (Lipinski definition) is 3. The van der Waals surface area contributed by atoms with Crippen LogP contribution in [-0.2, 0) is 4.79 Å². The Kier molecular flexibility index (Phi) is 5.24. The number of aromatic nitrogens is 1. The highest BCUT2D eigenvalue weighted by molar-refractivity contribution is 5.94. The molecule has 1 aromatic heterocycles. The van der Waals surface area contributed by atoms with E-state index < -0.39 is 11.7 Å². The zero-order chi connectivity index (χ0) is 16.8. The van der Waals surface area contributed by atoms with Crippen molar-refractivity contribution in [3.05, 3.63) is 64.3 Å². The molecule has 0 saturated carbocycles. The molecule has 0 aliphatic rings. The first-order valence-electron chi connectivity index (χ1n) is 6.98. The number of rotatable bonds is 5. The molecule has 0 aliphatic carbocycles. The average Bonchev–Trinajstić information content (AvgIpc) is 2.56. The molecule has 2 amide bonds. The molecule has 2 aromatic rings. The van der Waals surface area contributed by atoms with E-state index in [9.17, 15) is 18.8 Å². The molecule has 2 rings (SSSR count). The topological polar surface area (TPSA) is 80.2 Å². The van der Waals surface area contributed by atoms with Crippen LogP contribution in [0.2, 0.25) is 0 Å². The molecule has 1 aromatic carbocycles. The molecule has 0 fully saturated rings. The summed E-state index contributed by atoms with van der Waals surface area (Å²) in [6.45, 7) is 0.189. The number of carbonyl (C=O) groups is 2. The van der Waals surface area contributed by atoms with Gasteiger partial charge in [-0.25, -0.2) is 4.39 Å². The van der Waals surface area contributed by atoms with Crippen LogP contribution < -0.4 is 16.2 Å². The summed E-state index contributed by atoms with van der Waals surface area (Å²) in [5, 5.41) is 5.05. The lowest BCUT2D eigenvalue weighted by molar-refractivity contribution is -0.120. The Bertz CT molecular complexity index is 769. The smallest absolute Gasteiger partial charge is 0.255 e. The molecule has 0 bridgehead atoms. The molecule has 7 heteroatoms. The van der Waals surface area contributed by atoms with Crippen molar-refractivity contribution in [3.63, 3.8) is 0 Å². The lowest BCUT2D eigenvalue weighted by atomic mass is 10.2. The van der Waals surface area contributed by atoms with E-state index in [1.807, 2.05) is 0 Å². The van der Waals surface area contributed by atoms with Gasteiger partial charge in [0.1, 0.15) is 5.82 Å². The number of nitrogens with one attached hydrogen (secondary N) is 2. The Morgan fingerprint density at radius 2 is 1.83 bits per heavy atom. The Morgan fingerprint density at radius 1 is 1.13 bits per heavy atom. The summed E-state index contributed by atoms with van der Waals surface area (Å²) in [6.07, 6.45) is 1.55. The maximum absolute atomic E-state index is 13.0. The average molecular weight is 317 g/mol. The van der Waals surface area contributed by atoms with Gasteiger partial charge in [-0.15, -0.1) is 0 Å². The normalized spacial score (nSPS) is 10.2. The van der Waals surface area contributed by atoms with Crippen LogP contribution in [0.25, 0.3) is 5.69 Å². The summed E-state index contributed by atoms with van der Waals surface area (Å²) in [6, 6.07) is 8.03. The number of hydrogen-bond donors (Lipinski definition) is 2. The van der Waals surface area contributed by atoms with Crippen molar-refractivity contribution < 1.29 is 14.0 Å². The van der Waals surface area contributed by atoms with Crippen LogP contribution in [0.1, 0.15) is 16.8 Å². The van der Waals surface area contributed by atoms with E-state index in [-0.39, 0.29) is 30.0 Å². The fourth-order valence-corrected chi connectivity index (χ4v) is 1.94. The van der Waals surface area contributed by atoms with Gasteiger partial charge in [-0.3, -0.25) is 19.0 Å². The third kappa shape index (κ3) is 4.26. The quantitative estimate of drug-likeness (QED) is 0.858. The Hall–Kier alpha value is -2.96. The standard InChI is InChI=1S/C16H16FN3O3/c1-18-14(21)8-9-19-16(23)11-2-7-15(22)20(10-11)13-5-3-12(17)4-6-13/h2-7,10H,8-9H2,1H3,(H,18,21)(H,19,23). The summed E-state index contributed by atoms with van der Waals surface area (Å²) in [5.41, 5.74) is 0.390. The van der Waals surface area contributed by atoms with Gasteiger partial charge in [0, 0.05) is 38.0 Å². The second-order valence-electron chi connectivity index (χ2n) is 4.78. The summed E-state index contributed by atoms with van der Waals surface area (Å²) < 4.78 is 14.2. The van der Waals surface area contributed by atoms with Gasteiger partial charge < -0.3 is 10.6 Å². The van der Waals surface area contributed by atoms with Crippen LogP contribution in [0.15, 0.2) is 47.4 Å². The predicted octanol–water partition coefficient (Wildman–Crippen LogP) is 0.842. The molecule has 0 saturated heterocycles. The highest BCUT2D eigenvalue weighted by Crippen LogP contribution is 2.08. The van der Waals surface area contributed by atoms with E-state index in [1.165, 1.54) is 54.2 Å². The van der Waals surface area contributed by atoms with Crippen LogP contribution in [0.3, 0.4) is 0 Å². The summed E-state index contributed by atoms with van der Waals surface area (Å²) in [5.74, 6) is -0.990. The molecule has 120 valence electrons. The lowest BCUT2D eigenvalue weighted by Crippen LogP contribution is -2.30. The largest absolute Gasteiger partial charge is 0.359 e. The molecule has 0 aliphatic heterocycles. The molecule has 0 unspecified atom stereocenters. The monoisotopic (exact) mass is 317 g/mol. The predicted molar refractivity (Wildman–Crippen MR) is 83.0 cm³/mol. The number of carbonyl (C=O) groups excluding carboxylic acids is 2. The minimum Gasteiger partial charge on any atom is -0.359 e. The first kappa shape index (κ1) is 16.4. The van der Waals surface area contributed by atoms with Crippen LogP contribution in [0, 0.1) is 5.82 Å². The van der Waals surface area contributed by atoms with Crippen LogP contribution >= 0.6 is 0 Å². The van der Waals surface area contributed by atoms with Gasteiger partial charge in [-0.1, -0.05) is 0 Å². The number of nitrogens with zero attached hydrogens (tertiary/aromatic N) is 1. The molecule has 1 heterocycles. The van der Waals surface area contributed by atoms with Gasteiger partial charge in [0.05, 0.1) is 5.56 Å². The molecule has 6 nitrogen and oxygen atoms in total. The number of pyridine rings is 1. The maximum Gasteiger partial charge on any atom is 0.255 e. The summed E-state index contributed by atoms with van der Waals surface area (Å²) >= 11 is 0. The Morgan fingerprint density at radius 3 is 2.48 bits per heavy atom. The van der Waals surface area contributed by atoms with Crippen molar-refractivity contribution in [3.8, 4) is 5.69 Å². The van der Waals surface area contributed by atoms with Gasteiger partial charge in [-0.2, -0.15) is 0 Å². The van der Waals surface area contributed by atoms with Gasteiger partial charge in [-0.05, 0) is 30.3 Å². The van der Waals surface area contributed by atoms with Crippen LogP contribution in [0.4, 0.5) is 4.39 Å². The van der Waals surface area contributed by atoms with Gasteiger partial charge in [0.2, 0.25) is 5.91 Å². The van der Waals surface area contributed by atoms with E-state index >= 15 is 0 Å². The van der Waals surface area contributed by atoms with Crippen molar-refractivity contribution in [1.82, 2.24) is 15.2 Å². The lowest BCUT2D eigenvalue weighted by Gasteiger charge is -2.09. The molecule has 0 radical (unpaired) electrons. The molecule has 2 N–H and O–H groups in total. The van der Waals surface area contributed by atoms with Crippen LogP contribution in [-0.4, -0.2) is 30.0 Å². The fourth-order valence-electron chi connectivity index (χ4n) is 1.94. The molecule has 23 heavy (non-hydrogen) atoms. The van der Waals surface area contributed by atoms with Crippen molar-refractivity contribution in [2.24, 2.45) is 0 Å². The Balaban J connectivity index is 2.16. The van der Waals surface area contributed by atoms with Gasteiger partial charge in [0.15, 0.2) is 0 Å². The molecular formula is C16H16FN3O3. The minimum absolute atomic E-state index is 0.167. The fraction of sp³-hybridized carbons (Fsp3) is 0.188. The highest BCUT2D eigenvalue weighted by atomic mass is 19.1. The van der Waals surface area contributed by atoms with E-state index in [0.29, 0.717) is 5.69 Å². The highest BCUT2D eigenvalue weighted by Gasteiger charge is 2.09. The van der Waals surface area contributed by atoms with Crippen molar-refractivity contribution >= 4 is 11.8 Å². The van der Waals surface area contributed by atoms with Crippen molar-refractivity contribution in [2.45, 2.75) is 6.42 Å². The second-order valence-corrected chi connectivity index (χ2v) is 4.78. The van der Waals surface area contributed by atoms with Crippen molar-refractivity contribution in [1.29, 1.82) is 0 Å². The molecule has 0 atom stereocenters. The summed E-state index contributed by atoms with van der Waals surface area (Å²) in [7, 11) is 1.52. The van der Waals surface area contributed by atoms with E-state index in [1.54, 1.807) is 0 Å².